The predicted octanol–water partition coefficient (Wildman–Crippen LogP) is 4.94. The summed E-state index contributed by atoms with van der Waals surface area (Å²) < 4.78 is 62.6. The molecule has 0 bridgehead atoms. The molecule has 0 unspecified atom stereocenters. The van der Waals surface area contributed by atoms with E-state index in [4.69, 9.17) is 4.42 Å². The average molecular weight is 531 g/mol. The molecule has 0 radical (unpaired) electrons. The van der Waals surface area contributed by atoms with Crippen LogP contribution in [0.4, 0.5) is 25.8 Å². The van der Waals surface area contributed by atoms with Gasteiger partial charge in [0, 0.05) is 9.64 Å². The molecular formula is C19H16F2IN3O3S. The van der Waals surface area contributed by atoms with Crippen LogP contribution in [0, 0.1) is 15.2 Å². The van der Waals surface area contributed by atoms with Gasteiger partial charge in [0.1, 0.15) is 17.0 Å². The molecule has 4 rings (SSSR count). The topological polar surface area (TPSA) is 75.4 Å². The van der Waals surface area contributed by atoms with E-state index in [1.54, 1.807) is 6.07 Å². The van der Waals surface area contributed by atoms with Crippen LogP contribution in [0.25, 0.3) is 11.1 Å². The van der Waals surface area contributed by atoms with Gasteiger partial charge < -0.3 is 9.73 Å². The van der Waals surface area contributed by atoms with Crippen LogP contribution in [-0.2, 0) is 10.0 Å². The number of sulfonamides is 1. The number of nitrogens with one attached hydrogen (secondary N) is 1. The zero-order valence-electron chi connectivity index (χ0n) is 15.0. The van der Waals surface area contributed by atoms with Gasteiger partial charge in [-0.3, -0.25) is 4.31 Å². The monoisotopic (exact) mass is 531 g/mol. The lowest BCUT2D eigenvalue weighted by Crippen LogP contribution is -2.34. The van der Waals surface area contributed by atoms with Gasteiger partial charge in [0.25, 0.3) is 0 Å². The highest BCUT2D eigenvalue weighted by Crippen LogP contribution is 2.41. The van der Waals surface area contributed by atoms with Gasteiger partial charge in [-0.25, -0.2) is 22.2 Å². The molecule has 1 aromatic heterocycles. The van der Waals surface area contributed by atoms with E-state index in [2.05, 4.69) is 16.9 Å². The highest BCUT2D eigenvalue weighted by molar-refractivity contribution is 14.1. The summed E-state index contributed by atoms with van der Waals surface area (Å²) >= 11 is 1.96. The molecule has 152 valence electrons. The van der Waals surface area contributed by atoms with Gasteiger partial charge in [-0.2, -0.15) is 0 Å². The molecule has 0 spiro atoms. The van der Waals surface area contributed by atoms with Crippen molar-refractivity contribution in [3.8, 4) is 0 Å². The average Bonchev–Trinajstić information content (AvgIpc) is 3.43. The molecule has 1 aliphatic rings. The molecule has 3 aromatic rings. The first kappa shape index (κ1) is 20.1. The van der Waals surface area contributed by atoms with E-state index in [9.17, 15) is 12.8 Å². The van der Waals surface area contributed by atoms with Crippen LogP contribution in [-0.4, -0.2) is 25.2 Å². The van der Waals surface area contributed by atoms with Gasteiger partial charge >= 0.3 is 0 Å². The Bertz CT molecular complexity index is 1210. The molecular weight excluding hydrogens is 515 g/mol. The van der Waals surface area contributed by atoms with E-state index in [1.165, 1.54) is 24.3 Å². The summed E-state index contributed by atoms with van der Waals surface area (Å²) in [6.07, 6.45) is 3.56. The maximum Gasteiger partial charge on any atom is 0.238 e. The quantitative estimate of drug-likeness (QED) is 0.346. The predicted molar refractivity (Wildman–Crippen MR) is 116 cm³/mol. The minimum absolute atomic E-state index is 0.00999. The van der Waals surface area contributed by atoms with E-state index in [0.29, 0.717) is 16.4 Å². The van der Waals surface area contributed by atoms with E-state index >= 15 is 4.39 Å². The van der Waals surface area contributed by atoms with Crippen molar-refractivity contribution in [1.82, 2.24) is 4.98 Å². The van der Waals surface area contributed by atoms with Crippen molar-refractivity contribution in [1.29, 1.82) is 0 Å². The van der Waals surface area contributed by atoms with Crippen LogP contribution >= 0.6 is 22.6 Å². The Morgan fingerprint density at radius 1 is 1.34 bits per heavy atom. The van der Waals surface area contributed by atoms with Gasteiger partial charge in [0.15, 0.2) is 17.8 Å². The molecule has 0 amide bonds. The first-order valence-electron chi connectivity index (χ1n) is 8.73. The Balaban J connectivity index is 1.91. The SMILES string of the molecule is C=CCN(c1cc2ocnc2c(F)c1Nc1ccc(I)cc1F)S(=O)(=O)C1CC1. The summed E-state index contributed by atoms with van der Waals surface area (Å²) in [6, 6.07) is 5.79. The van der Waals surface area contributed by atoms with Crippen LogP contribution < -0.4 is 9.62 Å². The van der Waals surface area contributed by atoms with Gasteiger partial charge in [0.2, 0.25) is 10.0 Å². The van der Waals surface area contributed by atoms with Crippen molar-refractivity contribution in [2.75, 3.05) is 16.2 Å². The molecule has 6 nitrogen and oxygen atoms in total. The number of oxazole rings is 1. The third-order valence-corrected chi connectivity index (χ3v) is 7.50. The van der Waals surface area contributed by atoms with Crippen molar-refractivity contribution >= 4 is 60.8 Å². The van der Waals surface area contributed by atoms with Crippen LogP contribution in [0.1, 0.15) is 12.8 Å². The van der Waals surface area contributed by atoms with Crippen molar-refractivity contribution in [2.45, 2.75) is 18.1 Å². The van der Waals surface area contributed by atoms with Crippen LogP contribution in [0.15, 0.2) is 47.7 Å². The fourth-order valence-corrected chi connectivity index (χ4v) is 5.27. The second kappa shape index (κ2) is 7.56. The van der Waals surface area contributed by atoms with Crippen LogP contribution in [0.5, 0.6) is 0 Å². The van der Waals surface area contributed by atoms with Gasteiger partial charge in [-0.1, -0.05) is 6.08 Å². The highest BCUT2D eigenvalue weighted by atomic mass is 127. The van der Waals surface area contributed by atoms with E-state index in [-0.39, 0.29) is 34.7 Å². The Morgan fingerprint density at radius 3 is 2.76 bits per heavy atom. The number of nitrogens with zero attached hydrogens (tertiary/aromatic N) is 2. The van der Waals surface area contributed by atoms with Crippen molar-refractivity contribution in [3.05, 3.63) is 58.5 Å². The summed E-state index contributed by atoms with van der Waals surface area (Å²) in [6.45, 7) is 3.55. The highest BCUT2D eigenvalue weighted by Gasteiger charge is 2.41. The minimum atomic E-state index is -3.74. The summed E-state index contributed by atoms with van der Waals surface area (Å²) in [5, 5.41) is 2.18. The molecule has 1 fully saturated rings. The second-order valence-corrected chi connectivity index (χ2v) is 9.98. The lowest BCUT2D eigenvalue weighted by Gasteiger charge is -2.26. The molecule has 10 heteroatoms. The Morgan fingerprint density at radius 2 is 2.10 bits per heavy atom. The van der Waals surface area contributed by atoms with Crippen molar-refractivity contribution < 1.29 is 21.6 Å². The molecule has 1 heterocycles. The summed E-state index contributed by atoms with van der Waals surface area (Å²) in [7, 11) is -3.74. The van der Waals surface area contributed by atoms with Gasteiger partial charge in [-0.05, 0) is 53.6 Å². The molecule has 1 aliphatic carbocycles. The van der Waals surface area contributed by atoms with Crippen molar-refractivity contribution in [3.63, 3.8) is 0 Å². The number of aromatic nitrogens is 1. The number of hydrogen-bond acceptors (Lipinski definition) is 5. The Hall–Kier alpha value is -2.21. The largest absolute Gasteiger partial charge is 0.443 e. The van der Waals surface area contributed by atoms with E-state index < -0.39 is 26.9 Å². The standard InChI is InChI=1S/C19H16F2IN3O3S/c1-2-7-25(29(26,27)12-4-5-12)15-9-16-19(23-10-28-16)17(21)18(15)24-14-6-3-11(22)8-13(14)20/h2-3,6,8-10,12,24H,1,4-5,7H2. The summed E-state index contributed by atoms with van der Waals surface area (Å²) in [4.78, 5) is 3.85. The molecule has 0 aliphatic heterocycles. The fraction of sp³-hybridized carbons (Fsp3) is 0.211. The normalized spacial score (nSPS) is 14.2. The van der Waals surface area contributed by atoms with Gasteiger partial charge in [0.05, 0.1) is 23.2 Å². The maximum absolute atomic E-state index is 15.3. The Labute approximate surface area is 179 Å². The summed E-state index contributed by atoms with van der Waals surface area (Å²) in [5.41, 5.74) is -0.166. The number of benzene rings is 2. The smallest absolute Gasteiger partial charge is 0.238 e. The Kier molecular flexibility index (Phi) is 5.23. The zero-order valence-corrected chi connectivity index (χ0v) is 18.0. The zero-order chi connectivity index (χ0) is 20.8. The third kappa shape index (κ3) is 3.70. The summed E-state index contributed by atoms with van der Waals surface area (Å²) in [5.74, 6) is -1.42. The minimum Gasteiger partial charge on any atom is -0.443 e. The number of hydrogen-bond donors (Lipinski definition) is 1. The first-order valence-corrected chi connectivity index (χ1v) is 11.3. The first-order chi connectivity index (χ1) is 13.8. The molecule has 0 atom stereocenters. The number of halogens is 3. The number of rotatable bonds is 7. The van der Waals surface area contributed by atoms with Gasteiger partial charge in [-0.15, -0.1) is 6.58 Å². The molecule has 1 saturated carbocycles. The van der Waals surface area contributed by atoms with Crippen molar-refractivity contribution in [2.24, 2.45) is 0 Å². The molecule has 0 saturated heterocycles. The number of anilines is 3. The second-order valence-electron chi connectivity index (χ2n) is 6.60. The molecule has 29 heavy (non-hydrogen) atoms. The maximum atomic E-state index is 15.3. The lowest BCUT2D eigenvalue weighted by atomic mass is 10.2. The van der Waals surface area contributed by atoms with E-state index in [0.717, 1.165) is 10.7 Å². The fourth-order valence-electron chi connectivity index (χ4n) is 2.99. The lowest BCUT2D eigenvalue weighted by molar-refractivity contribution is 0.591. The number of fused-ring (bicyclic) bond motifs is 1. The van der Waals surface area contributed by atoms with E-state index in [1.807, 2.05) is 22.6 Å². The molecule has 1 N–H and O–H groups in total. The van der Waals surface area contributed by atoms with Crippen LogP contribution in [0.2, 0.25) is 0 Å². The van der Waals surface area contributed by atoms with Crippen LogP contribution in [0.3, 0.4) is 0 Å². The third-order valence-electron chi connectivity index (χ3n) is 4.55. The molecule has 2 aromatic carbocycles.